The molecule has 0 aliphatic heterocycles. The van der Waals surface area contributed by atoms with E-state index in [2.05, 4.69) is 31.1 Å². The maximum Gasteiger partial charge on any atom is 0.295 e. The van der Waals surface area contributed by atoms with Crippen LogP contribution in [-0.4, -0.2) is 33.2 Å². The Labute approximate surface area is 141 Å². The summed E-state index contributed by atoms with van der Waals surface area (Å²) < 4.78 is 18.8. The number of nitrogens with one attached hydrogen (secondary N) is 1. The van der Waals surface area contributed by atoms with Gasteiger partial charge in [0.1, 0.15) is 11.3 Å². The van der Waals surface area contributed by atoms with Crippen molar-refractivity contribution in [2.24, 2.45) is 0 Å². The molecule has 2 N–H and O–H groups in total. The van der Waals surface area contributed by atoms with Crippen LogP contribution in [0.15, 0.2) is 22.6 Å². The van der Waals surface area contributed by atoms with Crippen LogP contribution in [0.5, 0.6) is 0 Å². The average Bonchev–Trinajstić information content (AvgIpc) is 2.88. The largest absolute Gasteiger partial charge is 0.424 e. The molecule has 0 bridgehead atoms. The second kappa shape index (κ2) is 9.13. The zero-order valence-electron chi connectivity index (χ0n) is 14.5. The van der Waals surface area contributed by atoms with E-state index in [1.54, 1.807) is 6.07 Å². The third kappa shape index (κ3) is 6.79. The monoisotopic (exact) mass is 342 g/mol. The van der Waals surface area contributed by atoms with Crippen LogP contribution in [0.3, 0.4) is 0 Å². The number of halogens is 1. The van der Waals surface area contributed by atoms with Crippen LogP contribution in [0.1, 0.15) is 41.0 Å². The van der Waals surface area contributed by atoms with Crippen LogP contribution in [0.25, 0.3) is 11.1 Å². The molecule has 0 spiro atoms. The Morgan fingerprint density at radius 1 is 1.35 bits per heavy atom. The van der Waals surface area contributed by atoms with Crippen molar-refractivity contribution in [3.63, 3.8) is 0 Å². The molecular formula is C17H27FN2O2S. The number of hydrogen-bond donors (Lipinski definition) is 2. The van der Waals surface area contributed by atoms with Gasteiger partial charge in [-0.2, -0.15) is 16.7 Å². The van der Waals surface area contributed by atoms with Crippen molar-refractivity contribution in [2.75, 3.05) is 17.7 Å². The fourth-order valence-corrected chi connectivity index (χ4v) is 2.87. The van der Waals surface area contributed by atoms with Crippen molar-refractivity contribution in [1.82, 2.24) is 4.98 Å². The van der Waals surface area contributed by atoms with Crippen LogP contribution in [0.4, 0.5) is 10.4 Å². The highest BCUT2D eigenvalue weighted by Gasteiger charge is 2.15. The van der Waals surface area contributed by atoms with Gasteiger partial charge in [0.15, 0.2) is 5.58 Å². The predicted octanol–water partition coefficient (Wildman–Crippen LogP) is 4.69. The molecule has 0 saturated carbocycles. The fraction of sp³-hybridized carbons (Fsp3) is 0.588. The highest BCUT2D eigenvalue weighted by Crippen LogP contribution is 2.25. The summed E-state index contributed by atoms with van der Waals surface area (Å²) in [6.07, 6.45) is 0.797. The summed E-state index contributed by atoms with van der Waals surface area (Å²) >= 11 is 1.84. The van der Waals surface area contributed by atoms with Gasteiger partial charge in [0.2, 0.25) is 0 Å². The molecule has 6 heteroatoms. The summed E-state index contributed by atoms with van der Waals surface area (Å²) in [6.45, 7) is 10.5. The van der Waals surface area contributed by atoms with Crippen LogP contribution >= 0.6 is 11.8 Å². The number of benzene rings is 1. The number of rotatable bonds is 6. The molecule has 0 aliphatic rings. The Hall–Kier alpha value is -1.27. The van der Waals surface area contributed by atoms with Crippen molar-refractivity contribution in [2.45, 2.75) is 51.8 Å². The van der Waals surface area contributed by atoms with Gasteiger partial charge in [0.25, 0.3) is 6.01 Å². The molecule has 0 amide bonds. The maximum atomic E-state index is 13.1. The lowest BCUT2D eigenvalue weighted by Gasteiger charge is -2.20. The minimum absolute atomic E-state index is 0.00219. The molecule has 0 radical (unpaired) electrons. The quantitative estimate of drug-likeness (QED) is 0.798. The summed E-state index contributed by atoms with van der Waals surface area (Å²) in [5.74, 6) is 0.582. The summed E-state index contributed by atoms with van der Waals surface area (Å²) in [6, 6.07) is 4.40. The Kier molecular flexibility index (Phi) is 7.85. The Morgan fingerprint density at radius 3 is 2.65 bits per heavy atom. The molecule has 1 aromatic carbocycles. The van der Waals surface area contributed by atoms with Crippen molar-refractivity contribution in [3.05, 3.63) is 24.0 Å². The molecule has 1 heterocycles. The average molecular weight is 342 g/mol. The Balaban J connectivity index is 0.00000127. The van der Waals surface area contributed by atoms with E-state index in [-0.39, 0.29) is 23.2 Å². The molecule has 0 saturated heterocycles. The number of oxazole rings is 1. The smallest absolute Gasteiger partial charge is 0.295 e. The third-order valence-corrected chi connectivity index (χ3v) is 4.20. The number of anilines is 1. The highest BCUT2D eigenvalue weighted by molar-refractivity contribution is 8.00. The number of fused-ring (bicyclic) bond motifs is 1. The minimum Gasteiger partial charge on any atom is -0.424 e. The summed E-state index contributed by atoms with van der Waals surface area (Å²) in [5, 5.41) is 12.5. The summed E-state index contributed by atoms with van der Waals surface area (Å²) in [4.78, 5) is 4.18. The Morgan fingerprint density at radius 2 is 2.04 bits per heavy atom. The van der Waals surface area contributed by atoms with E-state index in [0.29, 0.717) is 17.1 Å². The molecular weight excluding hydrogens is 315 g/mol. The van der Waals surface area contributed by atoms with Crippen LogP contribution in [0, 0.1) is 5.82 Å². The first-order valence-corrected chi connectivity index (χ1v) is 8.93. The molecule has 0 aliphatic carbocycles. The number of nitrogens with zero attached hydrogens (tertiary/aromatic N) is 1. The third-order valence-electron chi connectivity index (χ3n) is 2.90. The first-order chi connectivity index (χ1) is 10.9. The molecule has 130 valence electrons. The van der Waals surface area contributed by atoms with E-state index in [1.807, 2.05) is 25.6 Å². The Bertz CT molecular complexity index is 596. The van der Waals surface area contributed by atoms with Gasteiger partial charge in [-0.05, 0) is 24.3 Å². The second-order valence-corrected chi connectivity index (χ2v) is 7.83. The van der Waals surface area contributed by atoms with Gasteiger partial charge in [-0.3, -0.25) is 0 Å². The standard InChI is InChI=1S/C15H21FN2O2S.C2H6/c1-15(2,3)21-7-6-11(9-19)17-14-18-12-8-10(16)4-5-13(12)20-14;1-2/h4-5,8,11,19H,6-7,9H2,1-3H3,(H,17,18);1-2H3. The lowest BCUT2D eigenvalue weighted by atomic mass is 10.2. The normalized spacial score (nSPS) is 12.7. The number of hydrogen-bond acceptors (Lipinski definition) is 5. The van der Waals surface area contributed by atoms with E-state index in [1.165, 1.54) is 12.1 Å². The number of aliphatic hydroxyl groups is 1. The van der Waals surface area contributed by atoms with Crippen molar-refractivity contribution in [1.29, 1.82) is 0 Å². The first-order valence-electron chi connectivity index (χ1n) is 7.95. The molecule has 1 unspecified atom stereocenters. The maximum absolute atomic E-state index is 13.1. The van der Waals surface area contributed by atoms with Crippen LogP contribution < -0.4 is 5.32 Å². The molecule has 0 fully saturated rings. The SMILES string of the molecule is CC.CC(C)(C)SCCC(CO)Nc1nc2cc(F)ccc2o1. The van der Waals surface area contributed by atoms with E-state index in [4.69, 9.17) is 4.42 Å². The molecule has 2 rings (SSSR count). The zero-order chi connectivity index (χ0) is 17.5. The first kappa shape index (κ1) is 19.8. The van der Waals surface area contributed by atoms with Crippen molar-refractivity contribution >= 4 is 28.9 Å². The minimum atomic E-state index is -0.345. The van der Waals surface area contributed by atoms with Crippen LogP contribution in [0.2, 0.25) is 0 Å². The molecule has 2 aromatic rings. The fourth-order valence-electron chi connectivity index (χ4n) is 1.85. The van der Waals surface area contributed by atoms with E-state index in [0.717, 1.165) is 12.2 Å². The van der Waals surface area contributed by atoms with Crippen molar-refractivity contribution < 1.29 is 13.9 Å². The summed E-state index contributed by atoms with van der Waals surface area (Å²) in [5.41, 5.74) is 0.998. The highest BCUT2D eigenvalue weighted by atomic mass is 32.2. The molecule has 1 aromatic heterocycles. The number of aliphatic hydroxyl groups excluding tert-OH is 1. The van der Waals surface area contributed by atoms with Gasteiger partial charge in [-0.1, -0.05) is 34.6 Å². The lowest BCUT2D eigenvalue weighted by Crippen LogP contribution is -2.25. The van der Waals surface area contributed by atoms with Crippen molar-refractivity contribution in [3.8, 4) is 0 Å². The topological polar surface area (TPSA) is 58.3 Å². The van der Waals surface area contributed by atoms with E-state index < -0.39 is 0 Å². The molecule has 23 heavy (non-hydrogen) atoms. The van der Waals surface area contributed by atoms with E-state index >= 15 is 0 Å². The lowest BCUT2D eigenvalue weighted by molar-refractivity contribution is 0.270. The van der Waals surface area contributed by atoms with Gasteiger partial charge in [0, 0.05) is 10.8 Å². The number of thioether (sulfide) groups is 1. The van der Waals surface area contributed by atoms with Gasteiger partial charge >= 0.3 is 0 Å². The zero-order valence-corrected chi connectivity index (χ0v) is 15.3. The van der Waals surface area contributed by atoms with E-state index in [9.17, 15) is 9.50 Å². The van der Waals surface area contributed by atoms with Gasteiger partial charge in [-0.25, -0.2) is 4.39 Å². The second-order valence-electron chi connectivity index (χ2n) is 5.90. The number of aromatic nitrogens is 1. The van der Waals surface area contributed by atoms with Gasteiger partial charge in [-0.15, -0.1) is 0 Å². The predicted molar refractivity (Wildman–Crippen MR) is 96.6 cm³/mol. The van der Waals surface area contributed by atoms with Gasteiger partial charge in [0.05, 0.1) is 12.6 Å². The van der Waals surface area contributed by atoms with Crippen LogP contribution in [-0.2, 0) is 0 Å². The van der Waals surface area contributed by atoms with Gasteiger partial charge < -0.3 is 14.8 Å². The molecule has 4 nitrogen and oxygen atoms in total. The molecule has 1 atom stereocenters. The summed E-state index contributed by atoms with van der Waals surface area (Å²) in [7, 11) is 0.